The molecule has 2 rings (SSSR count). The average molecular weight is 304 g/mol. The fourth-order valence-electron chi connectivity index (χ4n) is 1.76. The highest BCUT2D eigenvalue weighted by atomic mass is 32.2. The number of hydrogen-bond acceptors (Lipinski definition) is 3. The second kappa shape index (κ2) is 6.07. The van der Waals surface area contributed by atoms with Crippen LogP contribution in [0.25, 0.3) is 0 Å². The third-order valence-corrected chi connectivity index (χ3v) is 4.40. The zero-order valence-electron chi connectivity index (χ0n) is 11.8. The lowest BCUT2D eigenvalue weighted by Gasteiger charge is -2.07. The zero-order valence-corrected chi connectivity index (χ0v) is 12.6. The molecule has 0 heterocycles. The zero-order chi connectivity index (χ0) is 15.5. The van der Waals surface area contributed by atoms with Gasteiger partial charge in [-0.2, -0.15) is 0 Å². The van der Waals surface area contributed by atoms with E-state index in [0.29, 0.717) is 5.69 Å². The van der Waals surface area contributed by atoms with E-state index in [-0.39, 0.29) is 16.4 Å². The van der Waals surface area contributed by atoms with Crippen molar-refractivity contribution in [3.63, 3.8) is 0 Å². The fraction of sp³-hybridized carbons (Fsp3) is 0.133. The molecule has 1 amide bonds. The van der Waals surface area contributed by atoms with Crippen molar-refractivity contribution in [3.8, 4) is 0 Å². The second-order valence-corrected chi connectivity index (χ2v) is 6.44. The number of benzene rings is 2. The molecule has 0 radical (unpaired) electrons. The Labute approximate surface area is 124 Å². The molecule has 2 N–H and O–H groups in total. The molecular weight excluding hydrogens is 288 g/mol. The average Bonchev–Trinajstić information content (AvgIpc) is 2.49. The van der Waals surface area contributed by atoms with E-state index in [9.17, 15) is 13.2 Å². The number of amides is 1. The van der Waals surface area contributed by atoms with Crippen LogP contribution in [0.4, 0.5) is 5.69 Å². The summed E-state index contributed by atoms with van der Waals surface area (Å²) in [6.07, 6.45) is 0. The third-order valence-electron chi connectivity index (χ3n) is 2.98. The highest BCUT2D eigenvalue weighted by Crippen LogP contribution is 2.14. The van der Waals surface area contributed by atoms with Crippen molar-refractivity contribution >= 4 is 21.6 Å². The summed E-state index contributed by atoms with van der Waals surface area (Å²) in [4.78, 5) is 12.2. The van der Waals surface area contributed by atoms with Crippen LogP contribution in [0.15, 0.2) is 53.4 Å². The molecule has 5 nitrogen and oxygen atoms in total. The number of sulfonamides is 1. The van der Waals surface area contributed by atoms with Crippen LogP contribution in [0.3, 0.4) is 0 Å². The molecule has 0 aliphatic heterocycles. The summed E-state index contributed by atoms with van der Waals surface area (Å²) < 4.78 is 25.7. The van der Waals surface area contributed by atoms with Crippen LogP contribution in [-0.4, -0.2) is 21.4 Å². The van der Waals surface area contributed by atoms with E-state index in [1.54, 1.807) is 18.2 Å². The van der Waals surface area contributed by atoms with E-state index in [1.165, 1.54) is 25.2 Å². The molecule has 0 bridgehead atoms. The van der Waals surface area contributed by atoms with Crippen molar-refractivity contribution in [2.24, 2.45) is 0 Å². The molecule has 110 valence electrons. The lowest BCUT2D eigenvalue weighted by molar-refractivity contribution is 0.102. The molecule has 0 fully saturated rings. The summed E-state index contributed by atoms with van der Waals surface area (Å²) in [6.45, 7) is 1.96. The van der Waals surface area contributed by atoms with Crippen molar-refractivity contribution in [2.45, 2.75) is 11.8 Å². The molecule has 21 heavy (non-hydrogen) atoms. The number of rotatable bonds is 4. The number of carbonyl (C=O) groups is 1. The van der Waals surface area contributed by atoms with Crippen LogP contribution in [0.5, 0.6) is 0 Å². The molecule has 0 aliphatic rings. The molecule has 0 saturated carbocycles. The van der Waals surface area contributed by atoms with Crippen molar-refractivity contribution in [3.05, 3.63) is 59.7 Å². The highest BCUT2D eigenvalue weighted by Gasteiger charge is 2.14. The molecule has 0 aliphatic carbocycles. The van der Waals surface area contributed by atoms with Crippen molar-refractivity contribution in [1.82, 2.24) is 4.72 Å². The van der Waals surface area contributed by atoms with E-state index in [4.69, 9.17) is 0 Å². The van der Waals surface area contributed by atoms with E-state index < -0.39 is 10.0 Å². The highest BCUT2D eigenvalue weighted by molar-refractivity contribution is 7.89. The maximum atomic E-state index is 12.1. The topological polar surface area (TPSA) is 75.3 Å². The summed E-state index contributed by atoms with van der Waals surface area (Å²) in [6, 6.07) is 13.2. The van der Waals surface area contributed by atoms with Gasteiger partial charge in [0, 0.05) is 11.3 Å². The first-order valence-corrected chi connectivity index (χ1v) is 7.82. The monoisotopic (exact) mass is 304 g/mol. The first kappa shape index (κ1) is 15.2. The third kappa shape index (κ3) is 3.68. The Morgan fingerprint density at radius 2 is 1.71 bits per heavy atom. The van der Waals surface area contributed by atoms with Crippen molar-refractivity contribution in [1.29, 1.82) is 0 Å². The molecule has 0 atom stereocenters. The number of aryl methyl sites for hydroxylation is 1. The van der Waals surface area contributed by atoms with Gasteiger partial charge in [0.2, 0.25) is 10.0 Å². The maximum Gasteiger partial charge on any atom is 0.255 e. The van der Waals surface area contributed by atoms with Crippen LogP contribution < -0.4 is 10.0 Å². The Kier molecular flexibility index (Phi) is 4.40. The molecule has 0 spiro atoms. The van der Waals surface area contributed by atoms with Crippen LogP contribution >= 0.6 is 0 Å². The number of anilines is 1. The van der Waals surface area contributed by atoms with Gasteiger partial charge in [0.15, 0.2) is 0 Å². The van der Waals surface area contributed by atoms with Gasteiger partial charge in [0.1, 0.15) is 0 Å². The summed E-state index contributed by atoms with van der Waals surface area (Å²) in [5.41, 5.74) is 2.04. The van der Waals surface area contributed by atoms with E-state index in [0.717, 1.165) is 5.56 Å². The fourth-order valence-corrected chi connectivity index (χ4v) is 2.54. The standard InChI is InChI=1S/C15H16N2O3S/c1-11-6-8-13(9-7-11)17-15(18)12-4-3-5-14(10-12)21(19,20)16-2/h3-10,16H,1-2H3,(H,17,18). The quantitative estimate of drug-likeness (QED) is 0.909. The van der Waals surface area contributed by atoms with Gasteiger partial charge in [-0.05, 0) is 44.3 Å². The first-order chi connectivity index (χ1) is 9.92. The maximum absolute atomic E-state index is 12.1. The Morgan fingerprint density at radius 1 is 1.05 bits per heavy atom. The molecule has 0 unspecified atom stereocenters. The summed E-state index contributed by atoms with van der Waals surface area (Å²) in [7, 11) is -2.23. The summed E-state index contributed by atoms with van der Waals surface area (Å²) in [5.74, 6) is -0.355. The minimum absolute atomic E-state index is 0.0570. The Balaban J connectivity index is 2.24. The van der Waals surface area contributed by atoms with Crippen LogP contribution in [0.1, 0.15) is 15.9 Å². The van der Waals surface area contributed by atoms with Gasteiger partial charge in [0.25, 0.3) is 5.91 Å². The molecule has 2 aromatic rings. The normalized spacial score (nSPS) is 11.1. The second-order valence-electron chi connectivity index (χ2n) is 4.56. The predicted molar refractivity (Wildman–Crippen MR) is 81.8 cm³/mol. The number of nitrogens with one attached hydrogen (secondary N) is 2. The van der Waals surface area contributed by atoms with Gasteiger partial charge < -0.3 is 5.32 Å². The van der Waals surface area contributed by atoms with Gasteiger partial charge in [-0.15, -0.1) is 0 Å². The Hall–Kier alpha value is -2.18. The summed E-state index contributed by atoms with van der Waals surface area (Å²) in [5, 5.41) is 2.73. The van der Waals surface area contributed by atoms with E-state index in [1.807, 2.05) is 19.1 Å². The first-order valence-electron chi connectivity index (χ1n) is 6.34. The lowest BCUT2D eigenvalue weighted by atomic mass is 10.2. The Bertz CT molecular complexity index is 753. The number of hydrogen-bond donors (Lipinski definition) is 2. The van der Waals surface area contributed by atoms with Crippen LogP contribution in [-0.2, 0) is 10.0 Å². The van der Waals surface area contributed by atoms with Crippen LogP contribution in [0.2, 0.25) is 0 Å². The number of carbonyl (C=O) groups excluding carboxylic acids is 1. The smallest absolute Gasteiger partial charge is 0.255 e. The molecular formula is C15H16N2O3S. The van der Waals surface area contributed by atoms with E-state index >= 15 is 0 Å². The van der Waals surface area contributed by atoms with E-state index in [2.05, 4.69) is 10.0 Å². The lowest BCUT2D eigenvalue weighted by Crippen LogP contribution is -2.19. The molecule has 0 aromatic heterocycles. The predicted octanol–water partition coefficient (Wildman–Crippen LogP) is 2.16. The van der Waals surface area contributed by atoms with Crippen molar-refractivity contribution < 1.29 is 13.2 Å². The molecule has 2 aromatic carbocycles. The minimum Gasteiger partial charge on any atom is -0.322 e. The Morgan fingerprint density at radius 3 is 2.33 bits per heavy atom. The van der Waals surface area contributed by atoms with Gasteiger partial charge in [-0.1, -0.05) is 23.8 Å². The van der Waals surface area contributed by atoms with Gasteiger partial charge >= 0.3 is 0 Å². The minimum atomic E-state index is -3.56. The van der Waals surface area contributed by atoms with Crippen LogP contribution in [0, 0.1) is 6.92 Å². The molecule has 6 heteroatoms. The van der Waals surface area contributed by atoms with Gasteiger partial charge in [0.05, 0.1) is 4.90 Å². The SMILES string of the molecule is CNS(=O)(=O)c1cccc(C(=O)Nc2ccc(C)cc2)c1. The van der Waals surface area contributed by atoms with Gasteiger partial charge in [-0.3, -0.25) is 4.79 Å². The summed E-state index contributed by atoms with van der Waals surface area (Å²) >= 11 is 0. The van der Waals surface area contributed by atoms with Crippen molar-refractivity contribution in [2.75, 3.05) is 12.4 Å². The largest absolute Gasteiger partial charge is 0.322 e. The van der Waals surface area contributed by atoms with Gasteiger partial charge in [-0.25, -0.2) is 13.1 Å². The molecule has 0 saturated heterocycles.